The first-order valence-corrected chi connectivity index (χ1v) is 15.3. The summed E-state index contributed by atoms with van der Waals surface area (Å²) in [5.74, 6) is -2.02. The van der Waals surface area contributed by atoms with Gasteiger partial charge in [0.15, 0.2) is 0 Å². The molecule has 46 heavy (non-hydrogen) atoms. The van der Waals surface area contributed by atoms with Gasteiger partial charge in [0, 0.05) is 47.2 Å². The number of hydrogen-bond acceptors (Lipinski definition) is 12. The Hall–Kier alpha value is -3.34. The molecule has 0 radical (unpaired) electrons. The number of carbonyl (C=O) groups excluding carboxylic acids is 4. The van der Waals surface area contributed by atoms with E-state index in [0.29, 0.717) is 76.8 Å². The van der Waals surface area contributed by atoms with Gasteiger partial charge >= 0.3 is 0 Å². The van der Waals surface area contributed by atoms with E-state index in [4.69, 9.17) is 37.9 Å². The number of amides is 4. The molecule has 0 unspecified atom stereocenters. The molecular weight excluding hydrogens is 604 g/mol. The van der Waals surface area contributed by atoms with E-state index < -0.39 is 23.6 Å². The highest BCUT2D eigenvalue weighted by Crippen LogP contribution is 2.37. The highest BCUT2D eigenvalue weighted by atomic mass is 16.6. The monoisotopic (exact) mass is 646 g/mol. The molecule has 2 aromatic rings. The van der Waals surface area contributed by atoms with Crippen molar-refractivity contribution >= 4 is 34.4 Å². The zero-order valence-corrected chi connectivity index (χ0v) is 26.4. The second-order valence-corrected chi connectivity index (χ2v) is 10.3. The van der Waals surface area contributed by atoms with Crippen LogP contribution in [0.1, 0.15) is 41.4 Å². The third kappa shape index (κ3) is 8.92. The van der Waals surface area contributed by atoms with Crippen LogP contribution in [-0.4, -0.2) is 153 Å². The van der Waals surface area contributed by atoms with E-state index in [1.54, 1.807) is 14.2 Å². The number of rotatable bonds is 24. The summed E-state index contributed by atoms with van der Waals surface area (Å²) in [5.41, 5.74) is 1.03. The normalized spacial score (nSPS) is 14.3. The minimum absolute atomic E-state index is 0.0427. The Balaban J connectivity index is 1.27. The van der Waals surface area contributed by atoms with Crippen molar-refractivity contribution in [3.8, 4) is 0 Å². The van der Waals surface area contributed by atoms with E-state index >= 15 is 0 Å². The van der Waals surface area contributed by atoms with Gasteiger partial charge in [-0.2, -0.15) is 0 Å². The maximum Gasteiger partial charge on any atom is 0.261 e. The van der Waals surface area contributed by atoms with Crippen LogP contribution in [0.5, 0.6) is 0 Å². The lowest BCUT2D eigenvalue weighted by Gasteiger charge is -2.31. The predicted octanol–water partition coefficient (Wildman–Crippen LogP) is 1.42. The summed E-state index contributed by atoms with van der Waals surface area (Å²) in [4.78, 5) is 55.8. The van der Waals surface area contributed by atoms with Crippen molar-refractivity contribution in [2.75, 3.05) is 120 Å². The van der Waals surface area contributed by atoms with Crippen molar-refractivity contribution in [1.82, 2.24) is 9.80 Å². The van der Waals surface area contributed by atoms with Gasteiger partial charge in [0.05, 0.1) is 106 Å². The largest absolute Gasteiger partial charge is 0.382 e. The smallest absolute Gasteiger partial charge is 0.261 e. The third-order valence-corrected chi connectivity index (χ3v) is 7.33. The molecule has 0 atom stereocenters. The number of carbonyl (C=O) groups is 4. The van der Waals surface area contributed by atoms with Gasteiger partial charge in [-0.3, -0.25) is 29.0 Å². The van der Waals surface area contributed by atoms with Crippen molar-refractivity contribution < 1.29 is 57.1 Å². The topological polar surface area (TPSA) is 149 Å². The molecule has 2 heterocycles. The summed E-state index contributed by atoms with van der Waals surface area (Å²) in [7, 11) is 3.21. The van der Waals surface area contributed by atoms with Crippen LogP contribution in [-0.2, 0) is 37.9 Å². The van der Waals surface area contributed by atoms with E-state index in [1.807, 2.05) is 0 Å². The maximum absolute atomic E-state index is 13.4. The fraction of sp³-hybridized carbons (Fsp3) is 0.562. The second kappa shape index (κ2) is 18.7. The van der Waals surface area contributed by atoms with Gasteiger partial charge in [0.25, 0.3) is 23.6 Å². The SMILES string of the molecule is COCCOCCOCCOCCN1C(=O)c2ccc3c4c(ccc(c24)C1=O)C(=O)N(CCOCCOCCOCCOC)C3=O. The van der Waals surface area contributed by atoms with Gasteiger partial charge < -0.3 is 37.9 Å². The van der Waals surface area contributed by atoms with E-state index in [2.05, 4.69) is 0 Å². The molecule has 2 aliphatic heterocycles. The average Bonchev–Trinajstić information content (AvgIpc) is 3.06. The summed E-state index contributed by atoms with van der Waals surface area (Å²) in [6.45, 7) is 5.37. The number of nitrogens with zero attached hydrogens (tertiary/aromatic N) is 2. The van der Waals surface area contributed by atoms with Crippen molar-refractivity contribution in [2.24, 2.45) is 0 Å². The summed E-state index contributed by atoms with van der Waals surface area (Å²) in [5, 5.41) is 0.647. The summed E-state index contributed by atoms with van der Waals surface area (Å²) < 4.78 is 42.5. The average molecular weight is 647 g/mol. The molecule has 0 aromatic heterocycles. The molecule has 0 bridgehead atoms. The fourth-order valence-electron chi connectivity index (χ4n) is 5.06. The molecule has 0 fully saturated rings. The number of ether oxygens (including phenoxy) is 8. The molecule has 0 saturated carbocycles. The Kier molecular flexibility index (Phi) is 14.5. The van der Waals surface area contributed by atoms with Crippen LogP contribution >= 0.6 is 0 Å². The Morgan fingerprint density at radius 1 is 0.391 bits per heavy atom. The minimum Gasteiger partial charge on any atom is -0.382 e. The van der Waals surface area contributed by atoms with Gasteiger partial charge in [0.1, 0.15) is 0 Å². The number of benzene rings is 2. The van der Waals surface area contributed by atoms with Crippen molar-refractivity contribution in [2.45, 2.75) is 0 Å². The third-order valence-electron chi connectivity index (χ3n) is 7.33. The highest BCUT2D eigenvalue weighted by Gasteiger charge is 2.39. The highest BCUT2D eigenvalue weighted by molar-refractivity contribution is 6.33. The summed E-state index contributed by atoms with van der Waals surface area (Å²) in [6, 6.07) is 6.15. The molecular formula is C32H42N2O12. The van der Waals surface area contributed by atoms with Crippen LogP contribution in [0.2, 0.25) is 0 Å². The Bertz CT molecular complexity index is 1180. The van der Waals surface area contributed by atoms with E-state index in [9.17, 15) is 19.2 Å². The van der Waals surface area contributed by atoms with Crippen LogP contribution in [0.3, 0.4) is 0 Å². The van der Waals surface area contributed by atoms with Crippen LogP contribution in [0, 0.1) is 0 Å². The van der Waals surface area contributed by atoms with E-state index in [1.165, 1.54) is 24.3 Å². The first kappa shape index (κ1) is 35.5. The number of imide groups is 2. The Morgan fingerprint density at radius 2 is 0.630 bits per heavy atom. The maximum atomic E-state index is 13.4. The van der Waals surface area contributed by atoms with Crippen LogP contribution in [0.15, 0.2) is 24.3 Å². The van der Waals surface area contributed by atoms with Gasteiger partial charge in [0.2, 0.25) is 0 Å². The molecule has 2 aromatic carbocycles. The Labute approximate surface area is 267 Å². The van der Waals surface area contributed by atoms with E-state index in [0.717, 1.165) is 9.80 Å². The van der Waals surface area contributed by atoms with Crippen molar-refractivity contribution in [3.63, 3.8) is 0 Å². The lowest BCUT2D eigenvalue weighted by molar-refractivity contribution is 0.00141. The molecule has 0 spiro atoms. The van der Waals surface area contributed by atoms with Crippen LogP contribution in [0.25, 0.3) is 10.8 Å². The van der Waals surface area contributed by atoms with Crippen LogP contribution < -0.4 is 0 Å². The van der Waals surface area contributed by atoms with Crippen molar-refractivity contribution in [1.29, 1.82) is 0 Å². The van der Waals surface area contributed by atoms with Gasteiger partial charge in [-0.05, 0) is 24.3 Å². The first-order chi connectivity index (χ1) is 22.5. The lowest BCUT2D eigenvalue weighted by Crippen LogP contribution is -2.45. The number of hydrogen-bond donors (Lipinski definition) is 0. The minimum atomic E-state index is -0.506. The molecule has 0 aliphatic carbocycles. The predicted molar refractivity (Wildman–Crippen MR) is 163 cm³/mol. The zero-order chi connectivity index (χ0) is 32.7. The lowest BCUT2D eigenvalue weighted by atomic mass is 9.86. The molecule has 14 nitrogen and oxygen atoms in total. The van der Waals surface area contributed by atoms with Gasteiger partial charge in [-0.1, -0.05) is 0 Å². The van der Waals surface area contributed by atoms with Gasteiger partial charge in [-0.15, -0.1) is 0 Å². The molecule has 2 aliphatic rings. The molecule has 0 N–H and O–H groups in total. The van der Waals surface area contributed by atoms with E-state index in [-0.39, 0.29) is 61.8 Å². The first-order valence-electron chi connectivity index (χ1n) is 15.3. The molecule has 4 amide bonds. The molecule has 0 saturated heterocycles. The second-order valence-electron chi connectivity index (χ2n) is 10.3. The molecule has 14 heteroatoms. The van der Waals surface area contributed by atoms with Crippen molar-refractivity contribution in [3.05, 3.63) is 46.5 Å². The fourth-order valence-corrected chi connectivity index (χ4v) is 5.06. The summed E-state index contributed by atoms with van der Waals surface area (Å²) in [6.07, 6.45) is 0. The van der Waals surface area contributed by atoms with Gasteiger partial charge in [-0.25, -0.2) is 0 Å². The molecule has 4 rings (SSSR count). The standard InChI is InChI=1S/C32H42N2O12/c1-39-11-13-43-19-21-45-17-15-41-9-7-33-29(35)23-3-5-25-28-26(6-4-24(27(23)28)30(33)36)32(38)34(31(25)37)8-10-42-16-18-46-22-20-44-14-12-40-2/h3-6H,7-22H2,1-2H3. The molecule has 252 valence electrons. The van der Waals surface area contributed by atoms with Crippen LogP contribution in [0.4, 0.5) is 0 Å². The zero-order valence-electron chi connectivity index (χ0n) is 26.4. The Morgan fingerprint density at radius 3 is 0.891 bits per heavy atom. The number of methoxy groups -OCH3 is 2. The summed E-state index contributed by atoms with van der Waals surface area (Å²) >= 11 is 0. The quantitative estimate of drug-likeness (QED) is 0.120.